The summed E-state index contributed by atoms with van der Waals surface area (Å²) in [7, 11) is 0. The van der Waals surface area contributed by atoms with Crippen molar-refractivity contribution in [1.82, 2.24) is 5.32 Å². The van der Waals surface area contributed by atoms with Gasteiger partial charge in [0.25, 0.3) is 5.91 Å². The summed E-state index contributed by atoms with van der Waals surface area (Å²) in [5.74, 6) is -0.164. The van der Waals surface area contributed by atoms with Gasteiger partial charge in [-0.25, -0.2) is 0 Å². The molecule has 0 spiro atoms. The third-order valence-corrected chi connectivity index (χ3v) is 5.55. The highest BCUT2D eigenvalue weighted by Gasteiger charge is 2.36. The zero-order valence-corrected chi connectivity index (χ0v) is 18.4. The average Bonchev–Trinajstić information content (AvgIpc) is 3.22. The molecule has 1 heterocycles. The number of rotatable bonds is 5. The van der Waals surface area contributed by atoms with Crippen LogP contribution in [0, 0.1) is 11.3 Å². The number of carbonyl (C=O) groups is 1. The monoisotopic (exact) mass is 423 g/mol. The van der Waals surface area contributed by atoms with E-state index >= 15 is 0 Å². The van der Waals surface area contributed by atoms with Gasteiger partial charge >= 0.3 is 0 Å². The molecule has 3 aromatic rings. The summed E-state index contributed by atoms with van der Waals surface area (Å²) in [6.45, 7) is 5.86. The number of oxime groups is 1. The molecular formula is C27H25N3O2. The van der Waals surface area contributed by atoms with Crippen molar-refractivity contribution in [3.63, 3.8) is 0 Å². The number of nitrogens with one attached hydrogen (secondary N) is 1. The van der Waals surface area contributed by atoms with Crippen molar-refractivity contribution in [2.75, 3.05) is 0 Å². The Labute approximate surface area is 188 Å². The Kier molecular flexibility index (Phi) is 5.79. The normalized spacial score (nSPS) is 17.4. The van der Waals surface area contributed by atoms with Gasteiger partial charge in [0.2, 0.25) is 0 Å². The summed E-state index contributed by atoms with van der Waals surface area (Å²) in [6, 6.07) is 25.3. The topological polar surface area (TPSA) is 74.5 Å². The van der Waals surface area contributed by atoms with Crippen LogP contribution in [-0.2, 0) is 10.4 Å². The summed E-state index contributed by atoms with van der Waals surface area (Å²) in [5, 5.41) is 16.9. The molecule has 1 atom stereocenters. The van der Waals surface area contributed by atoms with Crippen LogP contribution >= 0.6 is 0 Å². The van der Waals surface area contributed by atoms with Crippen LogP contribution in [0.2, 0.25) is 0 Å². The molecule has 3 aromatic carbocycles. The van der Waals surface area contributed by atoms with Crippen molar-refractivity contribution in [2.24, 2.45) is 5.16 Å². The van der Waals surface area contributed by atoms with Gasteiger partial charge in [-0.15, -0.1) is 0 Å². The van der Waals surface area contributed by atoms with Gasteiger partial charge in [0.15, 0.2) is 5.60 Å². The van der Waals surface area contributed by atoms with Gasteiger partial charge in [-0.05, 0) is 61.7 Å². The number of hydrogen-bond acceptors (Lipinski definition) is 4. The van der Waals surface area contributed by atoms with Crippen molar-refractivity contribution in [2.45, 2.75) is 38.8 Å². The molecule has 160 valence electrons. The Bertz CT molecular complexity index is 1230. The lowest BCUT2D eigenvalue weighted by Crippen LogP contribution is -2.30. The summed E-state index contributed by atoms with van der Waals surface area (Å²) in [6.07, 6.45) is 0.575. The first-order chi connectivity index (χ1) is 15.4. The van der Waals surface area contributed by atoms with Crippen LogP contribution in [0.25, 0.3) is 11.1 Å². The molecule has 0 aromatic heterocycles. The first-order valence-electron chi connectivity index (χ1n) is 10.7. The van der Waals surface area contributed by atoms with E-state index in [0.717, 1.165) is 28.0 Å². The molecule has 1 aliphatic heterocycles. The maximum absolute atomic E-state index is 12.9. The maximum Gasteiger partial charge on any atom is 0.251 e. The molecule has 1 amide bonds. The maximum atomic E-state index is 12.9. The molecule has 0 saturated heterocycles. The van der Waals surface area contributed by atoms with Gasteiger partial charge in [0.1, 0.15) is 0 Å². The van der Waals surface area contributed by atoms with Crippen molar-refractivity contribution >= 4 is 11.6 Å². The highest BCUT2D eigenvalue weighted by Crippen LogP contribution is 2.37. The Morgan fingerprint density at radius 2 is 1.75 bits per heavy atom. The second-order valence-electron chi connectivity index (χ2n) is 8.49. The molecule has 0 bridgehead atoms. The number of nitrogens with zero attached hydrogens (tertiary/aromatic N) is 2. The highest BCUT2D eigenvalue weighted by molar-refractivity contribution is 6.05. The molecule has 5 heteroatoms. The number of benzene rings is 3. The second-order valence-corrected chi connectivity index (χ2v) is 8.49. The van der Waals surface area contributed by atoms with Crippen LogP contribution in [-0.4, -0.2) is 17.7 Å². The SMILES string of the molecule is CC(C)NC(=O)c1cc(C2=NOC(C)(c3ccccc3)C2)cc(-c2ccccc2C#N)c1. The van der Waals surface area contributed by atoms with E-state index in [0.29, 0.717) is 17.5 Å². The van der Waals surface area contributed by atoms with Crippen LogP contribution < -0.4 is 5.32 Å². The van der Waals surface area contributed by atoms with Crippen molar-refractivity contribution in [1.29, 1.82) is 5.26 Å². The largest absolute Gasteiger partial charge is 0.384 e. The second kappa shape index (κ2) is 8.68. The highest BCUT2D eigenvalue weighted by atomic mass is 16.7. The standard InChI is InChI=1S/C27H25N3O2/c1-18(2)29-26(31)22-14-20(24-12-8-7-9-19(24)17-28)13-21(15-22)25-16-27(3,32-30-25)23-10-5-4-6-11-23/h4-15,18H,16H2,1-3H3,(H,29,31). The molecule has 1 unspecified atom stereocenters. The van der Waals surface area contributed by atoms with E-state index in [2.05, 4.69) is 16.5 Å². The number of nitriles is 1. The molecule has 0 radical (unpaired) electrons. The fourth-order valence-corrected chi connectivity index (χ4v) is 3.90. The van der Waals surface area contributed by atoms with Crippen molar-refractivity contribution in [3.8, 4) is 17.2 Å². The fourth-order valence-electron chi connectivity index (χ4n) is 3.90. The molecule has 5 nitrogen and oxygen atoms in total. The van der Waals surface area contributed by atoms with Gasteiger partial charge in [0.05, 0.1) is 17.3 Å². The van der Waals surface area contributed by atoms with Gasteiger partial charge in [-0.1, -0.05) is 53.7 Å². The number of amides is 1. The smallest absolute Gasteiger partial charge is 0.251 e. The average molecular weight is 424 g/mol. The Balaban J connectivity index is 1.77. The minimum absolute atomic E-state index is 0.00882. The fraction of sp³-hybridized carbons (Fsp3) is 0.222. The molecular weight excluding hydrogens is 398 g/mol. The first-order valence-corrected chi connectivity index (χ1v) is 10.7. The van der Waals surface area contributed by atoms with Crippen molar-refractivity contribution < 1.29 is 9.63 Å². The Hall–Kier alpha value is -3.91. The summed E-state index contributed by atoms with van der Waals surface area (Å²) < 4.78 is 0. The van der Waals surface area contributed by atoms with Crippen LogP contribution in [0.3, 0.4) is 0 Å². The minimum atomic E-state index is -0.572. The van der Waals surface area contributed by atoms with Crippen LogP contribution in [0.1, 0.15) is 54.2 Å². The minimum Gasteiger partial charge on any atom is -0.384 e. The molecule has 1 aliphatic rings. The van der Waals surface area contributed by atoms with Crippen molar-refractivity contribution in [3.05, 3.63) is 95.1 Å². The van der Waals surface area contributed by atoms with Crippen LogP contribution in [0.5, 0.6) is 0 Å². The van der Waals surface area contributed by atoms with Gasteiger partial charge in [-0.2, -0.15) is 5.26 Å². The first kappa shape index (κ1) is 21.3. The van der Waals surface area contributed by atoms with E-state index in [-0.39, 0.29) is 11.9 Å². The quantitative estimate of drug-likeness (QED) is 0.597. The number of carbonyl (C=O) groups excluding carboxylic acids is 1. The van der Waals surface area contributed by atoms with Crippen LogP contribution in [0.4, 0.5) is 0 Å². The van der Waals surface area contributed by atoms with E-state index in [1.54, 1.807) is 6.07 Å². The molecule has 0 aliphatic carbocycles. The van der Waals surface area contributed by atoms with E-state index in [4.69, 9.17) is 4.84 Å². The lowest BCUT2D eigenvalue weighted by Gasteiger charge is -2.21. The Morgan fingerprint density at radius 3 is 2.47 bits per heavy atom. The predicted octanol–water partition coefficient (Wildman–Crippen LogP) is 5.40. The third kappa shape index (κ3) is 4.26. The van der Waals surface area contributed by atoms with Gasteiger partial charge in [-0.3, -0.25) is 4.79 Å². The third-order valence-electron chi connectivity index (χ3n) is 5.55. The van der Waals surface area contributed by atoms with E-state index in [1.165, 1.54) is 0 Å². The summed E-state index contributed by atoms with van der Waals surface area (Å²) in [4.78, 5) is 18.7. The zero-order valence-electron chi connectivity index (χ0n) is 18.4. The number of hydrogen-bond donors (Lipinski definition) is 1. The Morgan fingerprint density at radius 1 is 1.06 bits per heavy atom. The molecule has 32 heavy (non-hydrogen) atoms. The van der Waals surface area contributed by atoms with Gasteiger partial charge in [0, 0.05) is 23.6 Å². The van der Waals surface area contributed by atoms with Gasteiger partial charge < -0.3 is 10.2 Å². The van der Waals surface area contributed by atoms with Crippen LogP contribution in [0.15, 0.2) is 78.0 Å². The van der Waals surface area contributed by atoms with E-state index in [1.807, 2.05) is 87.5 Å². The summed E-state index contributed by atoms with van der Waals surface area (Å²) in [5.41, 5.74) is 4.70. The molecule has 4 rings (SSSR count). The molecule has 0 saturated carbocycles. The molecule has 1 N–H and O–H groups in total. The molecule has 0 fully saturated rings. The summed E-state index contributed by atoms with van der Waals surface area (Å²) >= 11 is 0. The predicted molar refractivity (Wildman–Crippen MR) is 125 cm³/mol. The van der Waals surface area contributed by atoms with E-state index < -0.39 is 5.60 Å². The van der Waals surface area contributed by atoms with E-state index in [9.17, 15) is 10.1 Å². The lowest BCUT2D eigenvalue weighted by molar-refractivity contribution is -0.00738. The zero-order chi connectivity index (χ0) is 22.7. The lowest BCUT2D eigenvalue weighted by atomic mass is 9.87.